The van der Waals surface area contributed by atoms with Crippen LogP contribution >= 0.6 is 12.2 Å². The van der Waals surface area contributed by atoms with Crippen molar-refractivity contribution in [2.45, 2.75) is 56.2 Å². The molecule has 2 fully saturated rings. The van der Waals surface area contributed by atoms with E-state index in [1.165, 1.54) is 0 Å². The van der Waals surface area contributed by atoms with Crippen molar-refractivity contribution in [1.82, 2.24) is 4.72 Å². The molecule has 3 N–H and O–H groups in total. The molecule has 2 unspecified atom stereocenters. The van der Waals surface area contributed by atoms with Gasteiger partial charge in [-0.1, -0.05) is 31.5 Å². The van der Waals surface area contributed by atoms with Gasteiger partial charge in [-0.2, -0.15) is 0 Å². The summed E-state index contributed by atoms with van der Waals surface area (Å²) in [7, 11) is -3.18. The van der Waals surface area contributed by atoms with Gasteiger partial charge >= 0.3 is 0 Å². The van der Waals surface area contributed by atoms with Gasteiger partial charge in [0.1, 0.15) is 0 Å². The fourth-order valence-corrected chi connectivity index (χ4v) is 5.08. The zero-order chi connectivity index (χ0) is 12.5. The Kier molecular flexibility index (Phi) is 4.05. The van der Waals surface area contributed by atoms with Gasteiger partial charge in [0.15, 0.2) is 0 Å². The minimum Gasteiger partial charge on any atom is -0.393 e. The van der Waals surface area contributed by atoms with Crippen molar-refractivity contribution in [2.24, 2.45) is 11.7 Å². The van der Waals surface area contributed by atoms with E-state index in [1.54, 1.807) is 0 Å². The number of nitrogens with one attached hydrogen (secondary N) is 1. The summed E-state index contributed by atoms with van der Waals surface area (Å²) in [4.78, 5) is 0.446. The topological polar surface area (TPSA) is 72.2 Å². The second kappa shape index (κ2) is 5.20. The third-order valence-corrected chi connectivity index (χ3v) is 6.22. The summed E-state index contributed by atoms with van der Waals surface area (Å²) in [5.74, 6) is 0.0428. The van der Waals surface area contributed by atoms with Crippen LogP contribution in [0, 0.1) is 5.92 Å². The van der Waals surface area contributed by atoms with Crippen LogP contribution in [0.1, 0.15) is 44.9 Å². The van der Waals surface area contributed by atoms with Crippen LogP contribution in [-0.4, -0.2) is 24.7 Å². The maximum atomic E-state index is 12.2. The smallest absolute Gasteiger partial charge is 0.214 e. The molecule has 2 aliphatic rings. The molecule has 0 heterocycles. The summed E-state index contributed by atoms with van der Waals surface area (Å²) in [5.41, 5.74) is 5.66. The number of sulfonamides is 1. The van der Waals surface area contributed by atoms with E-state index in [4.69, 9.17) is 18.0 Å². The number of nitrogens with two attached hydrogens (primary N) is 1. The molecule has 98 valence electrons. The molecule has 0 amide bonds. The summed E-state index contributed by atoms with van der Waals surface area (Å²) < 4.78 is 27.2. The Bertz CT molecular complexity index is 388. The summed E-state index contributed by atoms with van der Waals surface area (Å²) in [6.07, 6.45) is 6.39. The highest BCUT2D eigenvalue weighted by Crippen LogP contribution is 2.29. The second-order valence-electron chi connectivity index (χ2n) is 5.12. The Balaban J connectivity index is 2.02. The average Bonchev–Trinajstić information content (AvgIpc) is 2.85. The Hall–Kier alpha value is -0.200. The largest absolute Gasteiger partial charge is 0.393 e. The molecule has 0 aliphatic heterocycles. The van der Waals surface area contributed by atoms with Gasteiger partial charge in [-0.15, -0.1) is 0 Å². The van der Waals surface area contributed by atoms with Crippen LogP contribution in [0.2, 0.25) is 0 Å². The first-order valence-electron chi connectivity index (χ1n) is 6.31. The molecule has 0 bridgehead atoms. The quantitative estimate of drug-likeness (QED) is 0.759. The lowest BCUT2D eigenvalue weighted by atomic mass is 10.1. The maximum Gasteiger partial charge on any atom is 0.214 e. The van der Waals surface area contributed by atoms with Gasteiger partial charge in [-0.05, 0) is 25.7 Å². The van der Waals surface area contributed by atoms with Crippen molar-refractivity contribution in [2.75, 3.05) is 0 Å². The van der Waals surface area contributed by atoms with Crippen LogP contribution in [-0.2, 0) is 10.0 Å². The number of hydrogen-bond donors (Lipinski definition) is 2. The van der Waals surface area contributed by atoms with E-state index in [0.29, 0.717) is 4.99 Å². The monoisotopic (exact) mass is 276 g/mol. The van der Waals surface area contributed by atoms with Gasteiger partial charge in [-0.3, -0.25) is 0 Å². The van der Waals surface area contributed by atoms with Gasteiger partial charge in [-0.25, -0.2) is 13.1 Å². The molecule has 2 rings (SSSR count). The number of rotatable bonds is 4. The summed E-state index contributed by atoms with van der Waals surface area (Å²) >= 11 is 5.00. The fourth-order valence-electron chi connectivity index (χ4n) is 2.95. The van der Waals surface area contributed by atoms with Crippen molar-refractivity contribution in [3.63, 3.8) is 0 Å². The molecule has 0 spiro atoms. The van der Waals surface area contributed by atoms with Crippen LogP contribution in [0.15, 0.2) is 0 Å². The van der Waals surface area contributed by atoms with Gasteiger partial charge in [0.25, 0.3) is 0 Å². The highest BCUT2D eigenvalue weighted by molar-refractivity contribution is 7.90. The van der Waals surface area contributed by atoms with E-state index in [0.717, 1.165) is 44.9 Å². The molecule has 0 radical (unpaired) electrons. The Morgan fingerprint density at radius 3 is 2.35 bits per heavy atom. The lowest BCUT2D eigenvalue weighted by Gasteiger charge is -2.22. The molecule has 0 aromatic heterocycles. The van der Waals surface area contributed by atoms with Crippen LogP contribution in [0.25, 0.3) is 0 Å². The molecule has 17 heavy (non-hydrogen) atoms. The molecule has 0 aromatic rings. The highest BCUT2D eigenvalue weighted by atomic mass is 32.2. The van der Waals surface area contributed by atoms with Gasteiger partial charge in [0, 0.05) is 12.0 Å². The third-order valence-electron chi connectivity index (χ3n) is 3.94. The van der Waals surface area contributed by atoms with E-state index in [-0.39, 0.29) is 17.2 Å². The lowest BCUT2D eigenvalue weighted by Crippen LogP contribution is -2.44. The number of hydrogen-bond acceptors (Lipinski definition) is 3. The first kappa shape index (κ1) is 13.2. The van der Waals surface area contributed by atoms with Crippen molar-refractivity contribution in [3.05, 3.63) is 0 Å². The van der Waals surface area contributed by atoms with Crippen molar-refractivity contribution < 1.29 is 8.42 Å². The predicted molar refractivity (Wildman–Crippen MR) is 72.2 cm³/mol. The first-order valence-corrected chi connectivity index (χ1v) is 8.26. The summed E-state index contributed by atoms with van der Waals surface area (Å²) in [5, 5.41) is -0.199. The van der Waals surface area contributed by atoms with Gasteiger partial charge in [0.2, 0.25) is 10.0 Å². The van der Waals surface area contributed by atoms with E-state index in [1.807, 2.05) is 0 Å². The molecule has 0 aromatic carbocycles. The first-order chi connectivity index (χ1) is 8.00. The molecular weight excluding hydrogens is 256 g/mol. The minimum absolute atomic E-state index is 0.0428. The van der Waals surface area contributed by atoms with Crippen molar-refractivity contribution in [1.29, 1.82) is 0 Å². The van der Waals surface area contributed by atoms with Crippen LogP contribution < -0.4 is 10.5 Å². The summed E-state index contributed by atoms with van der Waals surface area (Å²) in [6.45, 7) is 0. The zero-order valence-electron chi connectivity index (χ0n) is 9.89. The SMILES string of the molecule is NC(=S)C1CCCC1NS(=O)(=O)C1CCCC1. The second-order valence-corrected chi connectivity index (χ2v) is 7.58. The minimum atomic E-state index is -3.18. The normalized spacial score (nSPS) is 30.8. The maximum absolute atomic E-state index is 12.2. The van der Waals surface area contributed by atoms with Crippen LogP contribution in [0.3, 0.4) is 0 Å². The fraction of sp³-hybridized carbons (Fsp3) is 0.909. The molecule has 4 nitrogen and oxygen atoms in total. The van der Waals surface area contributed by atoms with E-state index in [2.05, 4.69) is 4.72 Å². The van der Waals surface area contributed by atoms with E-state index in [9.17, 15) is 8.42 Å². The predicted octanol–water partition coefficient (Wildman–Crippen LogP) is 1.30. The van der Waals surface area contributed by atoms with E-state index < -0.39 is 10.0 Å². The molecule has 0 saturated heterocycles. The molecular formula is C11H20N2O2S2. The molecule has 2 atom stereocenters. The molecule has 6 heteroatoms. The Morgan fingerprint density at radius 1 is 1.12 bits per heavy atom. The third kappa shape index (κ3) is 2.98. The molecule has 2 aliphatic carbocycles. The Morgan fingerprint density at radius 2 is 1.76 bits per heavy atom. The lowest BCUT2D eigenvalue weighted by molar-refractivity contribution is 0.514. The Labute approximate surface area is 108 Å². The van der Waals surface area contributed by atoms with Crippen molar-refractivity contribution >= 4 is 27.2 Å². The zero-order valence-corrected chi connectivity index (χ0v) is 11.5. The standard InChI is InChI=1S/C11H20N2O2S2/c12-11(16)9-6-3-7-10(9)13-17(14,15)8-4-1-2-5-8/h8-10,13H,1-7H2,(H2,12,16). The van der Waals surface area contributed by atoms with Gasteiger partial charge in [0.05, 0.1) is 10.2 Å². The summed E-state index contributed by atoms with van der Waals surface area (Å²) in [6, 6.07) is -0.0712. The molecule has 2 saturated carbocycles. The number of thiocarbonyl (C=S) groups is 1. The highest BCUT2D eigenvalue weighted by Gasteiger charge is 2.36. The van der Waals surface area contributed by atoms with Crippen LogP contribution in [0.5, 0.6) is 0 Å². The van der Waals surface area contributed by atoms with E-state index >= 15 is 0 Å². The average molecular weight is 276 g/mol. The van der Waals surface area contributed by atoms with Gasteiger partial charge < -0.3 is 5.73 Å². The van der Waals surface area contributed by atoms with Crippen LogP contribution in [0.4, 0.5) is 0 Å². The van der Waals surface area contributed by atoms with Crippen molar-refractivity contribution in [3.8, 4) is 0 Å².